The van der Waals surface area contributed by atoms with Gasteiger partial charge in [0.1, 0.15) is 17.2 Å². The molecule has 0 unspecified atom stereocenters. The first-order valence-corrected chi connectivity index (χ1v) is 12.7. The maximum absolute atomic E-state index is 13.2. The van der Waals surface area contributed by atoms with Crippen molar-refractivity contribution in [2.45, 2.75) is 26.6 Å². The van der Waals surface area contributed by atoms with Gasteiger partial charge in [-0.2, -0.15) is 0 Å². The van der Waals surface area contributed by atoms with Crippen LogP contribution in [0.3, 0.4) is 0 Å². The summed E-state index contributed by atoms with van der Waals surface area (Å²) in [6.45, 7) is 3.45. The van der Waals surface area contributed by atoms with Gasteiger partial charge in [0, 0.05) is 26.8 Å². The van der Waals surface area contributed by atoms with E-state index in [1.54, 1.807) is 54.8 Å². The predicted molar refractivity (Wildman–Crippen MR) is 143 cm³/mol. The van der Waals surface area contributed by atoms with E-state index in [2.05, 4.69) is 4.74 Å². The van der Waals surface area contributed by atoms with Crippen LogP contribution < -0.4 is 9.47 Å². The Labute approximate surface area is 236 Å². The highest BCUT2D eigenvalue weighted by Crippen LogP contribution is 2.36. The third-order valence-electron chi connectivity index (χ3n) is 5.53. The van der Waals surface area contributed by atoms with E-state index in [-0.39, 0.29) is 30.9 Å². The van der Waals surface area contributed by atoms with Crippen molar-refractivity contribution in [3.05, 3.63) is 82.0 Å². The van der Waals surface area contributed by atoms with Crippen LogP contribution in [0.1, 0.15) is 29.9 Å². The summed E-state index contributed by atoms with van der Waals surface area (Å²) in [7, 11) is 0. The summed E-state index contributed by atoms with van der Waals surface area (Å²) in [5.74, 6) is -1.07. The summed E-state index contributed by atoms with van der Waals surface area (Å²) in [5, 5.41) is 1.09. The summed E-state index contributed by atoms with van der Waals surface area (Å²) in [5.41, 5.74) is 1.13. The minimum atomic E-state index is -4.86. The summed E-state index contributed by atoms with van der Waals surface area (Å²) in [6.07, 6.45) is -5.19. The Morgan fingerprint density at radius 3 is 2.05 bits per heavy atom. The molecule has 0 aliphatic carbocycles. The third-order valence-corrected chi connectivity index (χ3v) is 5.97. The van der Waals surface area contributed by atoms with Crippen molar-refractivity contribution in [3.63, 3.8) is 0 Å². The zero-order valence-electron chi connectivity index (χ0n) is 21.2. The van der Waals surface area contributed by atoms with Crippen LogP contribution in [0, 0.1) is 0 Å². The van der Waals surface area contributed by atoms with Crippen molar-refractivity contribution in [3.8, 4) is 22.9 Å². The number of hydrogen-bond acceptors (Lipinski definition) is 6. The Hall–Kier alpha value is -3.89. The Balaban J connectivity index is 1.91. The van der Waals surface area contributed by atoms with Crippen molar-refractivity contribution in [2.75, 3.05) is 13.2 Å². The topological polar surface area (TPSA) is 76.0 Å². The smallest absolute Gasteiger partial charge is 0.466 e. The molecule has 40 heavy (non-hydrogen) atoms. The molecule has 4 rings (SSSR count). The van der Waals surface area contributed by atoms with E-state index in [1.165, 1.54) is 12.1 Å². The minimum Gasteiger partial charge on any atom is -0.466 e. The Kier molecular flexibility index (Phi) is 8.80. The number of ether oxygens (including phenoxy) is 4. The Morgan fingerprint density at radius 1 is 0.825 bits per heavy atom. The average molecular weight is 596 g/mol. The first-order valence-electron chi connectivity index (χ1n) is 12.0. The van der Waals surface area contributed by atoms with Crippen LogP contribution in [-0.2, 0) is 20.7 Å². The van der Waals surface area contributed by atoms with Gasteiger partial charge in [-0.15, -0.1) is 13.2 Å². The highest BCUT2D eigenvalue weighted by atomic mass is 35.5. The van der Waals surface area contributed by atoms with Gasteiger partial charge in [0.2, 0.25) is 0 Å². The maximum Gasteiger partial charge on any atom is 0.573 e. The minimum absolute atomic E-state index is 0.0606. The molecule has 7 nitrogen and oxygen atoms in total. The second kappa shape index (κ2) is 12.1. The summed E-state index contributed by atoms with van der Waals surface area (Å²) >= 11 is 12.2. The molecule has 0 spiro atoms. The number of nitrogens with zero attached hydrogens (tertiary/aromatic N) is 1. The van der Waals surface area contributed by atoms with Crippen molar-refractivity contribution >= 4 is 46.0 Å². The summed E-state index contributed by atoms with van der Waals surface area (Å²) < 4.78 is 60.0. The van der Waals surface area contributed by atoms with Gasteiger partial charge in [-0.05, 0) is 74.5 Å². The van der Waals surface area contributed by atoms with E-state index in [4.69, 9.17) is 37.4 Å². The van der Waals surface area contributed by atoms with Gasteiger partial charge in [0.15, 0.2) is 0 Å². The maximum atomic E-state index is 13.2. The molecular weight excluding hydrogens is 574 g/mol. The van der Waals surface area contributed by atoms with E-state index in [0.29, 0.717) is 38.1 Å². The lowest BCUT2D eigenvalue weighted by Gasteiger charge is -2.14. The van der Waals surface area contributed by atoms with E-state index in [0.717, 1.165) is 12.1 Å². The predicted octanol–water partition coefficient (Wildman–Crippen LogP) is 7.91. The number of carbonyl (C=O) groups excluding carboxylic acids is 2. The number of aromatic nitrogens is 1. The molecule has 0 radical (unpaired) electrons. The highest BCUT2D eigenvalue weighted by molar-refractivity contribution is 6.34. The van der Waals surface area contributed by atoms with Gasteiger partial charge in [0.25, 0.3) is 0 Å². The first kappa shape index (κ1) is 29.1. The van der Waals surface area contributed by atoms with E-state index in [1.807, 2.05) is 0 Å². The number of carbonyl (C=O) groups is 2. The summed E-state index contributed by atoms with van der Waals surface area (Å²) in [4.78, 5) is 25.8. The van der Waals surface area contributed by atoms with E-state index in [9.17, 15) is 22.8 Å². The molecular formula is C28H22Cl2F3NO6. The molecule has 0 N–H and O–H groups in total. The number of halogens is 5. The molecule has 1 heterocycles. The molecule has 0 amide bonds. The molecule has 0 aliphatic rings. The van der Waals surface area contributed by atoms with Gasteiger partial charge in [-0.3, -0.25) is 4.79 Å². The fraction of sp³-hybridized carbons (Fsp3) is 0.214. The quantitative estimate of drug-likeness (QED) is 0.183. The molecule has 3 aromatic carbocycles. The van der Waals surface area contributed by atoms with Crippen LogP contribution in [-0.4, -0.2) is 36.1 Å². The van der Waals surface area contributed by atoms with Crippen LogP contribution in [0.25, 0.3) is 16.6 Å². The molecule has 0 saturated heterocycles. The van der Waals surface area contributed by atoms with Crippen molar-refractivity contribution in [2.24, 2.45) is 0 Å². The Morgan fingerprint density at radius 2 is 1.45 bits per heavy atom. The molecule has 12 heteroatoms. The van der Waals surface area contributed by atoms with Gasteiger partial charge in [-0.25, -0.2) is 4.79 Å². The number of fused-ring (bicyclic) bond motifs is 1. The lowest BCUT2D eigenvalue weighted by atomic mass is 10.1. The molecule has 0 fully saturated rings. The fourth-order valence-electron chi connectivity index (χ4n) is 4.15. The second-order valence-electron chi connectivity index (χ2n) is 8.29. The first-order chi connectivity index (χ1) is 19.0. The summed E-state index contributed by atoms with van der Waals surface area (Å²) in [6, 6.07) is 14.5. The average Bonchev–Trinajstić information content (AvgIpc) is 3.16. The number of hydrogen-bond donors (Lipinski definition) is 0. The molecule has 0 atom stereocenters. The zero-order valence-corrected chi connectivity index (χ0v) is 22.7. The van der Waals surface area contributed by atoms with Gasteiger partial charge in [-0.1, -0.05) is 23.2 Å². The van der Waals surface area contributed by atoms with E-state index >= 15 is 0 Å². The van der Waals surface area contributed by atoms with Crippen LogP contribution in [0.15, 0.2) is 60.7 Å². The number of esters is 2. The fourth-order valence-corrected chi connectivity index (χ4v) is 4.66. The van der Waals surface area contributed by atoms with Gasteiger partial charge < -0.3 is 23.5 Å². The zero-order chi connectivity index (χ0) is 29.0. The Bertz CT molecular complexity index is 1530. The van der Waals surface area contributed by atoms with Crippen LogP contribution in [0.5, 0.6) is 17.2 Å². The van der Waals surface area contributed by atoms with Gasteiger partial charge >= 0.3 is 18.3 Å². The molecule has 210 valence electrons. The van der Waals surface area contributed by atoms with Crippen molar-refractivity contribution in [1.29, 1.82) is 0 Å². The van der Waals surface area contributed by atoms with Gasteiger partial charge in [0.05, 0.1) is 30.7 Å². The second-order valence-corrected chi connectivity index (χ2v) is 9.16. The number of alkyl halides is 3. The van der Waals surface area contributed by atoms with Crippen molar-refractivity contribution in [1.82, 2.24) is 4.57 Å². The SMILES string of the molecule is CCOC(=O)Cc1c(C(=O)OCC)c2cc(Oc3cc(Cl)cc(Cl)c3)ccc2n1-c1ccc(OC(F)(F)F)cc1. The lowest BCUT2D eigenvalue weighted by Crippen LogP contribution is -2.17. The highest BCUT2D eigenvalue weighted by Gasteiger charge is 2.31. The van der Waals surface area contributed by atoms with E-state index < -0.39 is 24.1 Å². The molecule has 4 aromatic rings. The molecule has 0 bridgehead atoms. The molecule has 1 aromatic heterocycles. The molecule has 0 aliphatic heterocycles. The third kappa shape index (κ3) is 6.81. The van der Waals surface area contributed by atoms with Crippen LogP contribution in [0.4, 0.5) is 13.2 Å². The van der Waals surface area contributed by atoms with Crippen LogP contribution in [0.2, 0.25) is 10.0 Å². The van der Waals surface area contributed by atoms with Crippen molar-refractivity contribution < 1.29 is 41.7 Å². The molecule has 0 saturated carbocycles. The van der Waals surface area contributed by atoms with Crippen LogP contribution >= 0.6 is 23.2 Å². The standard InChI is InChI=1S/C28H22Cl2F3NO6/c1-3-37-25(35)15-24-26(27(36)38-4-2)22-14-20(39-21-12-16(29)11-17(30)13-21)9-10-23(22)34(24)18-5-7-19(8-6-18)40-28(31,32)33/h5-14H,3-4,15H2,1-2H3. The lowest BCUT2D eigenvalue weighted by molar-refractivity contribution is -0.274. The number of rotatable bonds is 9. The number of benzene rings is 3. The largest absolute Gasteiger partial charge is 0.573 e. The normalized spacial score (nSPS) is 11.4. The monoisotopic (exact) mass is 595 g/mol.